The van der Waals surface area contributed by atoms with E-state index in [4.69, 9.17) is 9.47 Å². The van der Waals surface area contributed by atoms with Crippen LogP contribution in [0.25, 0.3) is 5.65 Å². The quantitative estimate of drug-likeness (QED) is 0.398. The van der Waals surface area contributed by atoms with Crippen molar-refractivity contribution in [3.8, 4) is 11.5 Å². The monoisotopic (exact) mass is 498 g/mol. The third-order valence-corrected chi connectivity index (χ3v) is 6.52. The molecule has 3 heterocycles. The van der Waals surface area contributed by atoms with Crippen LogP contribution in [0.4, 0.5) is 0 Å². The second-order valence-corrected chi connectivity index (χ2v) is 9.16. The number of amides is 2. The van der Waals surface area contributed by atoms with Crippen LogP contribution in [0, 0.1) is 6.92 Å². The van der Waals surface area contributed by atoms with E-state index in [1.54, 1.807) is 41.2 Å². The first kappa shape index (κ1) is 24.4. The summed E-state index contributed by atoms with van der Waals surface area (Å²) < 4.78 is 13.3. The molecule has 0 atom stereocenters. The van der Waals surface area contributed by atoms with Crippen LogP contribution < -0.4 is 9.47 Å². The minimum atomic E-state index is -0.0794. The van der Waals surface area contributed by atoms with Crippen molar-refractivity contribution >= 4 is 17.5 Å². The van der Waals surface area contributed by atoms with Crippen molar-refractivity contribution in [1.29, 1.82) is 0 Å². The first-order chi connectivity index (χ1) is 18.0. The molecule has 2 amide bonds. The molecule has 1 aliphatic heterocycles. The summed E-state index contributed by atoms with van der Waals surface area (Å²) in [7, 11) is 1.56. The van der Waals surface area contributed by atoms with Gasteiger partial charge >= 0.3 is 0 Å². The zero-order valence-electron chi connectivity index (χ0n) is 21.1. The highest BCUT2D eigenvalue weighted by molar-refractivity contribution is 5.97. The van der Waals surface area contributed by atoms with Crippen molar-refractivity contribution in [2.75, 3.05) is 33.3 Å². The highest BCUT2D eigenvalue weighted by Crippen LogP contribution is 2.21. The number of imidazole rings is 1. The average Bonchev–Trinajstić information content (AvgIpc) is 3.17. The number of methoxy groups -OCH3 is 1. The van der Waals surface area contributed by atoms with Gasteiger partial charge in [0.1, 0.15) is 23.8 Å². The molecule has 4 aromatic rings. The molecule has 190 valence electrons. The summed E-state index contributed by atoms with van der Waals surface area (Å²) in [5, 5.41) is 0. The lowest BCUT2D eigenvalue weighted by Gasteiger charge is -2.23. The molecular formula is C29H30N4O4. The largest absolute Gasteiger partial charge is 0.496 e. The Bertz CT molecular complexity index is 1430. The Morgan fingerprint density at radius 3 is 2.49 bits per heavy atom. The zero-order chi connectivity index (χ0) is 25.8. The smallest absolute Gasteiger partial charge is 0.257 e. The van der Waals surface area contributed by atoms with Gasteiger partial charge in [-0.2, -0.15) is 0 Å². The predicted octanol–water partition coefficient (Wildman–Crippen LogP) is 4.22. The lowest BCUT2D eigenvalue weighted by molar-refractivity contribution is 0.0716. The third-order valence-electron chi connectivity index (χ3n) is 6.52. The Kier molecular flexibility index (Phi) is 7.07. The average molecular weight is 499 g/mol. The molecule has 2 aromatic carbocycles. The standard InChI is InChI=1S/C29H30N4O4/c1-21-11-12-27-30-23(19-33(27)18-21)20-37-24-8-5-7-22(17-24)28(34)31-13-6-14-32(16-15-31)29(35)25-9-3-4-10-26(25)36-2/h3-5,7-12,17-19H,6,13-16,20H2,1-2H3. The van der Waals surface area contributed by atoms with E-state index in [2.05, 4.69) is 4.98 Å². The van der Waals surface area contributed by atoms with E-state index in [9.17, 15) is 9.59 Å². The summed E-state index contributed by atoms with van der Waals surface area (Å²) in [6.07, 6.45) is 4.68. The van der Waals surface area contributed by atoms with Crippen LogP contribution in [-0.2, 0) is 6.61 Å². The van der Waals surface area contributed by atoms with E-state index in [0.717, 1.165) is 16.9 Å². The van der Waals surface area contributed by atoms with Gasteiger partial charge in [-0.1, -0.05) is 24.3 Å². The Morgan fingerprint density at radius 2 is 1.68 bits per heavy atom. The Balaban J connectivity index is 1.22. The van der Waals surface area contributed by atoms with Gasteiger partial charge in [-0.3, -0.25) is 9.59 Å². The maximum atomic E-state index is 13.3. The number of hydrogen-bond acceptors (Lipinski definition) is 5. The van der Waals surface area contributed by atoms with Gasteiger partial charge in [0, 0.05) is 44.1 Å². The van der Waals surface area contributed by atoms with Crippen LogP contribution in [-0.4, -0.2) is 64.3 Å². The summed E-state index contributed by atoms with van der Waals surface area (Å²) >= 11 is 0. The molecule has 1 saturated heterocycles. The number of fused-ring (bicyclic) bond motifs is 1. The molecule has 0 bridgehead atoms. The van der Waals surface area contributed by atoms with Gasteiger partial charge in [-0.05, 0) is 55.3 Å². The van der Waals surface area contributed by atoms with Crippen molar-refractivity contribution in [2.45, 2.75) is 20.0 Å². The number of nitrogens with zero attached hydrogens (tertiary/aromatic N) is 4. The minimum absolute atomic E-state index is 0.0692. The fourth-order valence-electron chi connectivity index (χ4n) is 4.60. The second-order valence-electron chi connectivity index (χ2n) is 9.16. The molecule has 2 aromatic heterocycles. The molecule has 8 nitrogen and oxygen atoms in total. The van der Waals surface area contributed by atoms with Gasteiger partial charge in [0.15, 0.2) is 0 Å². The number of aryl methyl sites for hydroxylation is 1. The van der Waals surface area contributed by atoms with Crippen molar-refractivity contribution in [2.24, 2.45) is 0 Å². The van der Waals surface area contributed by atoms with Crippen molar-refractivity contribution < 1.29 is 19.1 Å². The highest BCUT2D eigenvalue weighted by atomic mass is 16.5. The molecular weight excluding hydrogens is 468 g/mol. The van der Waals surface area contributed by atoms with Gasteiger partial charge in [-0.25, -0.2) is 4.98 Å². The molecule has 0 saturated carbocycles. The number of benzene rings is 2. The fraction of sp³-hybridized carbons (Fsp3) is 0.276. The molecule has 0 radical (unpaired) electrons. The SMILES string of the molecule is COc1ccccc1C(=O)N1CCCN(C(=O)c2cccc(OCc3cn4cc(C)ccc4n3)c2)CC1. The van der Waals surface area contributed by atoms with Crippen LogP contribution in [0.3, 0.4) is 0 Å². The number of ether oxygens (including phenoxy) is 2. The number of para-hydroxylation sites is 1. The van der Waals surface area contributed by atoms with Gasteiger partial charge in [-0.15, -0.1) is 0 Å². The lowest BCUT2D eigenvalue weighted by atomic mass is 10.1. The lowest BCUT2D eigenvalue weighted by Crippen LogP contribution is -2.37. The number of carbonyl (C=O) groups is 2. The molecule has 0 aliphatic carbocycles. The normalized spacial score (nSPS) is 13.9. The second kappa shape index (κ2) is 10.7. The van der Waals surface area contributed by atoms with Crippen molar-refractivity contribution in [3.63, 3.8) is 0 Å². The number of hydrogen-bond donors (Lipinski definition) is 0. The van der Waals surface area contributed by atoms with E-state index < -0.39 is 0 Å². The summed E-state index contributed by atoms with van der Waals surface area (Å²) in [6.45, 7) is 4.45. The number of pyridine rings is 1. The Labute approximate surface area is 216 Å². The van der Waals surface area contributed by atoms with Crippen LogP contribution in [0.5, 0.6) is 11.5 Å². The van der Waals surface area contributed by atoms with E-state index in [1.165, 1.54) is 0 Å². The van der Waals surface area contributed by atoms with E-state index in [1.807, 2.05) is 60.1 Å². The number of aromatic nitrogens is 2. The van der Waals surface area contributed by atoms with Gasteiger partial charge in [0.25, 0.3) is 11.8 Å². The van der Waals surface area contributed by atoms with Gasteiger partial charge in [0.2, 0.25) is 0 Å². The molecule has 8 heteroatoms. The maximum Gasteiger partial charge on any atom is 0.257 e. The number of rotatable bonds is 6. The summed E-state index contributed by atoms with van der Waals surface area (Å²) in [5.41, 5.74) is 3.94. The van der Waals surface area contributed by atoms with E-state index >= 15 is 0 Å². The first-order valence-electron chi connectivity index (χ1n) is 12.4. The van der Waals surface area contributed by atoms with Gasteiger partial charge < -0.3 is 23.7 Å². The van der Waals surface area contributed by atoms with Gasteiger partial charge in [0.05, 0.1) is 18.4 Å². The fourth-order valence-corrected chi connectivity index (χ4v) is 4.60. The topological polar surface area (TPSA) is 76.4 Å². The van der Waals surface area contributed by atoms with E-state index in [0.29, 0.717) is 61.8 Å². The summed E-state index contributed by atoms with van der Waals surface area (Å²) in [4.78, 5) is 34.6. The molecule has 0 N–H and O–H groups in total. The molecule has 0 unspecified atom stereocenters. The van der Waals surface area contributed by atoms with E-state index in [-0.39, 0.29) is 11.8 Å². The molecule has 1 fully saturated rings. The summed E-state index contributed by atoms with van der Waals surface area (Å²) in [6, 6.07) is 18.5. The minimum Gasteiger partial charge on any atom is -0.496 e. The predicted molar refractivity (Wildman–Crippen MR) is 140 cm³/mol. The molecule has 37 heavy (non-hydrogen) atoms. The van der Waals surface area contributed by atoms with Crippen LogP contribution in [0.2, 0.25) is 0 Å². The molecule has 0 spiro atoms. The zero-order valence-corrected chi connectivity index (χ0v) is 21.1. The maximum absolute atomic E-state index is 13.3. The van der Waals surface area contributed by atoms with Crippen LogP contribution >= 0.6 is 0 Å². The van der Waals surface area contributed by atoms with Crippen LogP contribution in [0.15, 0.2) is 73.1 Å². The van der Waals surface area contributed by atoms with Crippen LogP contribution in [0.1, 0.15) is 38.4 Å². The van der Waals surface area contributed by atoms with Crippen molar-refractivity contribution in [3.05, 3.63) is 95.4 Å². The third kappa shape index (κ3) is 5.43. The first-order valence-corrected chi connectivity index (χ1v) is 12.4. The molecule has 1 aliphatic rings. The number of carbonyl (C=O) groups excluding carboxylic acids is 2. The Morgan fingerprint density at radius 1 is 0.892 bits per heavy atom. The summed E-state index contributed by atoms with van der Waals surface area (Å²) in [5.74, 6) is 1.02. The van der Waals surface area contributed by atoms with Crippen molar-refractivity contribution in [1.82, 2.24) is 19.2 Å². The highest BCUT2D eigenvalue weighted by Gasteiger charge is 2.25. The Hall–Kier alpha value is -4.33. The molecule has 5 rings (SSSR count).